The highest BCUT2D eigenvalue weighted by Gasteiger charge is 2.55. The SMILES string of the molecule is C=CC(=O)NCCCCCC(=O)N[C@@H](Cc1ccccc1)C(=O)O[C@@H]1O[C@H](C(CCCCCCN)OC(C)=O)[C@@H](OC(C)=O)[C@H](OC(C)=O)[C@H]1NC(C)=O. The van der Waals surface area contributed by atoms with Crippen LogP contribution in [0.4, 0.5) is 0 Å². The summed E-state index contributed by atoms with van der Waals surface area (Å²) in [6.45, 7) is 8.97. The Balaban J connectivity index is 2.45. The van der Waals surface area contributed by atoms with Gasteiger partial charge < -0.3 is 45.4 Å². The lowest BCUT2D eigenvalue weighted by molar-refractivity contribution is -0.282. The number of rotatable bonds is 23. The van der Waals surface area contributed by atoms with Gasteiger partial charge in [0, 0.05) is 47.1 Å². The fourth-order valence-corrected chi connectivity index (χ4v) is 6.03. The molecule has 0 saturated carbocycles. The topological polar surface area (TPSA) is 228 Å². The fourth-order valence-electron chi connectivity index (χ4n) is 6.03. The third-order valence-electron chi connectivity index (χ3n) is 8.39. The first-order valence-electron chi connectivity index (χ1n) is 18.3. The molecule has 1 aromatic rings. The van der Waals surface area contributed by atoms with Gasteiger partial charge in [0.15, 0.2) is 12.2 Å². The number of amides is 3. The van der Waals surface area contributed by atoms with Crippen LogP contribution in [0.25, 0.3) is 0 Å². The molecule has 1 saturated heterocycles. The lowest BCUT2D eigenvalue weighted by Gasteiger charge is -2.46. The summed E-state index contributed by atoms with van der Waals surface area (Å²) >= 11 is 0. The molecular formula is C38H56N4O12. The van der Waals surface area contributed by atoms with Crippen molar-refractivity contribution in [2.45, 2.75) is 135 Å². The van der Waals surface area contributed by atoms with Crippen molar-refractivity contribution >= 4 is 41.6 Å². The molecule has 54 heavy (non-hydrogen) atoms. The maximum absolute atomic E-state index is 14.0. The van der Waals surface area contributed by atoms with E-state index in [0.29, 0.717) is 44.3 Å². The van der Waals surface area contributed by atoms with Crippen LogP contribution in [0.1, 0.15) is 91.0 Å². The standard InChI is InChI=1S/C38H56N4O12/c1-6-31(47)40-22-16-10-14-20-32(48)42-29(23-28-17-11-9-12-18-28)37(49)54-38-33(41-24(2)43)35(51-26(4)45)36(52-27(5)46)34(53-38)30(50-25(3)44)19-13-7-8-15-21-39/h6,9,11-12,17-18,29-30,33-36,38H,1,7-8,10,13-16,19-23,39H2,2-5H3,(H,40,47)(H,41,43)(H,42,48)/t29-,30?,33+,34+,35+,36+,38-/m0/s1. The molecule has 1 aromatic carbocycles. The number of unbranched alkanes of at least 4 members (excludes halogenated alkanes) is 5. The maximum atomic E-state index is 14.0. The molecule has 7 atom stereocenters. The largest absolute Gasteiger partial charge is 0.460 e. The quantitative estimate of drug-likeness (QED) is 0.0543. The van der Waals surface area contributed by atoms with Gasteiger partial charge in [-0.1, -0.05) is 56.2 Å². The van der Waals surface area contributed by atoms with Gasteiger partial charge in [0.2, 0.25) is 24.0 Å². The summed E-state index contributed by atoms with van der Waals surface area (Å²) < 4.78 is 29.1. The maximum Gasteiger partial charge on any atom is 0.331 e. The van der Waals surface area contributed by atoms with Crippen molar-refractivity contribution in [2.24, 2.45) is 5.73 Å². The van der Waals surface area contributed by atoms with E-state index in [0.717, 1.165) is 33.1 Å². The van der Waals surface area contributed by atoms with Gasteiger partial charge in [0.1, 0.15) is 24.3 Å². The number of nitrogens with one attached hydrogen (secondary N) is 3. The molecule has 1 aliphatic heterocycles. The van der Waals surface area contributed by atoms with Crippen LogP contribution in [-0.4, -0.2) is 97.5 Å². The Bertz CT molecular complexity index is 1410. The van der Waals surface area contributed by atoms with Crippen molar-refractivity contribution in [2.75, 3.05) is 13.1 Å². The van der Waals surface area contributed by atoms with E-state index in [9.17, 15) is 33.6 Å². The summed E-state index contributed by atoms with van der Waals surface area (Å²) in [6.07, 6.45) is -0.772. The van der Waals surface area contributed by atoms with E-state index < -0.39 is 78.5 Å². The second-order valence-corrected chi connectivity index (χ2v) is 13.0. The molecule has 0 bridgehead atoms. The monoisotopic (exact) mass is 760 g/mol. The number of carbonyl (C=O) groups is 7. The van der Waals surface area contributed by atoms with Gasteiger partial charge in [0.25, 0.3) is 0 Å². The molecule has 16 heteroatoms. The van der Waals surface area contributed by atoms with Crippen molar-refractivity contribution in [1.82, 2.24) is 16.0 Å². The van der Waals surface area contributed by atoms with E-state index >= 15 is 0 Å². The molecule has 2 rings (SSSR count). The van der Waals surface area contributed by atoms with Crippen LogP contribution in [0.5, 0.6) is 0 Å². The van der Waals surface area contributed by atoms with E-state index in [2.05, 4.69) is 22.5 Å². The van der Waals surface area contributed by atoms with E-state index in [1.54, 1.807) is 30.3 Å². The molecule has 1 unspecified atom stereocenters. The molecule has 1 fully saturated rings. The number of benzene rings is 1. The highest BCUT2D eigenvalue weighted by atomic mass is 16.7. The molecular weight excluding hydrogens is 704 g/mol. The first-order chi connectivity index (χ1) is 25.7. The minimum atomic E-state index is -1.67. The smallest absolute Gasteiger partial charge is 0.331 e. The van der Waals surface area contributed by atoms with Crippen LogP contribution >= 0.6 is 0 Å². The molecule has 16 nitrogen and oxygen atoms in total. The highest BCUT2D eigenvalue weighted by Crippen LogP contribution is 2.32. The zero-order chi connectivity index (χ0) is 40.0. The van der Waals surface area contributed by atoms with Crippen LogP contribution in [0, 0.1) is 0 Å². The van der Waals surface area contributed by atoms with E-state index in [1.165, 1.54) is 19.9 Å². The summed E-state index contributed by atoms with van der Waals surface area (Å²) in [4.78, 5) is 88.2. The van der Waals surface area contributed by atoms with Crippen molar-refractivity contribution in [1.29, 1.82) is 0 Å². The van der Waals surface area contributed by atoms with Crippen LogP contribution in [0.2, 0.25) is 0 Å². The molecule has 3 amide bonds. The third kappa shape index (κ3) is 16.9. The zero-order valence-corrected chi connectivity index (χ0v) is 31.7. The molecule has 300 valence electrons. The van der Waals surface area contributed by atoms with Gasteiger partial charge in [-0.05, 0) is 50.3 Å². The average molecular weight is 761 g/mol. The van der Waals surface area contributed by atoms with Crippen molar-refractivity contribution in [3.8, 4) is 0 Å². The number of esters is 4. The van der Waals surface area contributed by atoms with Crippen molar-refractivity contribution in [3.63, 3.8) is 0 Å². The average Bonchev–Trinajstić information content (AvgIpc) is 3.10. The second-order valence-electron chi connectivity index (χ2n) is 13.0. The summed E-state index contributed by atoms with van der Waals surface area (Å²) in [5.41, 5.74) is 6.33. The number of carbonyl (C=O) groups excluding carboxylic acids is 7. The summed E-state index contributed by atoms with van der Waals surface area (Å²) in [6, 6.07) is 6.27. The van der Waals surface area contributed by atoms with Gasteiger partial charge >= 0.3 is 23.9 Å². The molecule has 1 aliphatic rings. The van der Waals surface area contributed by atoms with Crippen LogP contribution in [0.3, 0.4) is 0 Å². The molecule has 1 heterocycles. The van der Waals surface area contributed by atoms with Gasteiger partial charge in [-0.25, -0.2) is 4.79 Å². The van der Waals surface area contributed by atoms with Crippen LogP contribution in [-0.2, 0) is 63.7 Å². The van der Waals surface area contributed by atoms with Gasteiger partial charge in [0.05, 0.1) is 0 Å². The minimum absolute atomic E-state index is 0.0300. The first-order valence-corrected chi connectivity index (χ1v) is 18.3. The summed E-state index contributed by atoms with van der Waals surface area (Å²) in [5.74, 6) is -4.51. The number of hydrogen-bond acceptors (Lipinski definition) is 13. The zero-order valence-electron chi connectivity index (χ0n) is 31.7. The predicted molar refractivity (Wildman–Crippen MR) is 195 cm³/mol. The van der Waals surface area contributed by atoms with Crippen molar-refractivity contribution in [3.05, 3.63) is 48.6 Å². The van der Waals surface area contributed by atoms with E-state index in [1.807, 2.05) is 0 Å². The molecule has 0 radical (unpaired) electrons. The highest BCUT2D eigenvalue weighted by molar-refractivity contribution is 5.86. The molecule has 0 aliphatic carbocycles. The Morgan fingerprint density at radius 3 is 2.09 bits per heavy atom. The van der Waals surface area contributed by atoms with Gasteiger partial charge in [-0.2, -0.15) is 0 Å². The fraction of sp³-hybridized carbons (Fsp3) is 0.605. The molecule has 0 spiro atoms. The van der Waals surface area contributed by atoms with E-state index in [4.69, 9.17) is 29.4 Å². The second kappa shape index (κ2) is 24.5. The minimum Gasteiger partial charge on any atom is -0.460 e. The van der Waals surface area contributed by atoms with Gasteiger partial charge in [-0.3, -0.25) is 28.8 Å². The van der Waals surface area contributed by atoms with Crippen molar-refractivity contribution < 1.29 is 57.2 Å². The Morgan fingerprint density at radius 2 is 1.48 bits per heavy atom. The normalized spacial score (nSPS) is 20.3. The number of ether oxygens (including phenoxy) is 5. The number of hydrogen-bond donors (Lipinski definition) is 4. The summed E-state index contributed by atoms with van der Waals surface area (Å²) in [7, 11) is 0. The third-order valence-corrected chi connectivity index (χ3v) is 8.39. The lowest BCUT2D eigenvalue weighted by Crippen LogP contribution is -2.68. The predicted octanol–water partition coefficient (Wildman–Crippen LogP) is 2.05. The Hall–Kier alpha value is -4.83. The molecule has 0 aromatic heterocycles. The number of nitrogens with two attached hydrogens (primary N) is 1. The Morgan fingerprint density at radius 1 is 0.833 bits per heavy atom. The Kier molecular flexibility index (Phi) is 20.5. The van der Waals surface area contributed by atoms with Crippen LogP contribution in [0.15, 0.2) is 43.0 Å². The van der Waals surface area contributed by atoms with Crippen LogP contribution < -0.4 is 21.7 Å². The molecule has 5 N–H and O–H groups in total. The van der Waals surface area contributed by atoms with Gasteiger partial charge in [-0.15, -0.1) is 0 Å². The van der Waals surface area contributed by atoms with E-state index in [-0.39, 0.29) is 25.2 Å². The first kappa shape index (κ1) is 45.3. The lowest BCUT2D eigenvalue weighted by atomic mass is 9.90. The Labute approximate surface area is 316 Å². The summed E-state index contributed by atoms with van der Waals surface area (Å²) in [5, 5.41) is 8.01.